The molecule has 3 saturated heterocycles. The van der Waals surface area contributed by atoms with E-state index in [0.717, 1.165) is 35.8 Å². The molecule has 4 rings (SSSR count). The van der Waals surface area contributed by atoms with Crippen molar-refractivity contribution < 1.29 is 74.7 Å². The van der Waals surface area contributed by atoms with Crippen molar-refractivity contribution in [1.29, 1.82) is 0 Å². The SMILES string of the molecule is C[C@@H](O)[C@@H]1NC(=O)[C@H]([C@H](O)[C@H](O)c2ccc(O)cc2)NC(=O)[C@@H]2C[C@@H](O)CN2C(=O)[C@@H]([C@@H](C)O)NC(=O)[C@@H](N)C[C@@H](O)[C@@H](O)NC(=O)[C@H]2[C@@H](O)[C@@H](C)CN2C1=O. The van der Waals surface area contributed by atoms with Crippen LogP contribution in [0.5, 0.6) is 5.75 Å². The van der Waals surface area contributed by atoms with Crippen molar-refractivity contribution in [3.8, 4) is 5.75 Å². The van der Waals surface area contributed by atoms with E-state index in [2.05, 4.69) is 16.0 Å². The van der Waals surface area contributed by atoms with Gasteiger partial charge in [-0.3, -0.25) is 28.8 Å². The highest BCUT2D eigenvalue weighted by molar-refractivity contribution is 5.98. The van der Waals surface area contributed by atoms with Crippen molar-refractivity contribution in [2.75, 3.05) is 13.1 Å². The van der Waals surface area contributed by atoms with Crippen LogP contribution >= 0.6 is 0 Å². The van der Waals surface area contributed by atoms with Gasteiger partial charge >= 0.3 is 0 Å². The molecule has 15 N–H and O–H groups in total. The summed E-state index contributed by atoms with van der Waals surface area (Å²) in [5.41, 5.74) is 5.88. The van der Waals surface area contributed by atoms with Gasteiger partial charge in [-0.05, 0) is 31.5 Å². The van der Waals surface area contributed by atoms with E-state index < -0.39 is 146 Å². The zero-order chi connectivity index (χ0) is 41.9. The molecule has 0 aromatic heterocycles. The summed E-state index contributed by atoms with van der Waals surface area (Å²) < 4.78 is 0. The summed E-state index contributed by atoms with van der Waals surface area (Å²) in [5, 5.41) is 105. The molecular weight excluding hydrogens is 746 g/mol. The molecule has 0 bridgehead atoms. The Morgan fingerprint density at radius 2 is 1.23 bits per heavy atom. The molecule has 3 heterocycles. The number of hydrogen-bond donors (Lipinski definition) is 14. The highest BCUT2D eigenvalue weighted by Crippen LogP contribution is 2.27. The first-order chi connectivity index (χ1) is 26.1. The average molecular weight is 798 g/mol. The fourth-order valence-electron chi connectivity index (χ4n) is 6.92. The normalized spacial score (nSPS) is 35.2. The van der Waals surface area contributed by atoms with Crippen LogP contribution in [0.15, 0.2) is 24.3 Å². The van der Waals surface area contributed by atoms with Crippen molar-refractivity contribution in [3.63, 3.8) is 0 Å². The summed E-state index contributed by atoms with van der Waals surface area (Å²) in [4.78, 5) is 83.9. The smallest absolute Gasteiger partial charge is 0.248 e. The first-order valence-corrected chi connectivity index (χ1v) is 18.0. The molecule has 22 nitrogen and oxygen atoms in total. The summed E-state index contributed by atoms with van der Waals surface area (Å²) in [5.74, 6) is -8.12. The van der Waals surface area contributed by atoms with Crippen LogP contribution in [-0.2, 0) is 28.8 Å². The number of aliphatic hydroxyl groups excluding tert-OH is 8. The van der Waals surface area contributed by atoms with Gasteiger partial charge in [-0.2, -0.15) is 0 Å². The zero-order valence-corrected chi connectivity index (χ0v) is 30.7. The molecule has 0 radical (unpaired) electrons. The molecule has 15 atom stereocenters. The molecule has 3 aliphatic rings. The van der Waals surface area contributed by atoms with Gasteiger partial charge in [0.15, 0.2) is 6.23 Å². The predicted molar refractivity (Wildman–Crippen MR) is 188 cm³/mol. The fourth-order valence-corrected chi connectivity index (χ4v) is 6.92. The Morgan fingerprint density at radius 3 is 1.80 bits per heavy atom. The van der Waals surface area contributed by atoms with E-state index in [9.17, 15) is 74.7 Å². The van der Waals surface area contributed by atoms with Crippen LogP contribution in [0, 0.1) is 5.92 Å². The number of phenolic OH excluding ortho intramolecular Hbond substituents is 1. The van der Waals surface area contributed by atoms with E-state index >= 15 is 0 Å². The number of phenols is 1. The number of rotatable bonds is 5. The summed E-state index contributed by atoms with van der Waals surface area (Å²) in [6, 6.07) is -6.28. The molecule has 312 valence electrons. The minimum Gasteiger partial charge on any atom is -0.508 e. The lowest BCUT2D eigenvalue weighted by molar-refractivity contribution is -0.148. The number of fused-ring (bicyclic) bond motifs is 2. The zero-order valence-electron chi connectivity index (χ0n) is 30.7. The lowest BCUT2D eigenvalue weighted by Gasteiger charge is -2.34. The molecule has 0 aliphatic carbocycles. The van der Waals surface area contributed by atoms with Gasteiger partial charge in [0, 0.05) is 31.8 Å². The number of nitrogens with zero attached hydrogens (tertiary/aromatic N) is 2. The van der Waals surface area contributed by atoms with E-state index in [-0.39, 0.29) is 17.9 Å². The maximum absolute atomic E-state index is 14.0. The van der Waals surface area contributed by atoms with Gasteiger partial charge in [0.25, 0.3) is 0 Å². The first kappa shape index (κ1) is 44.2. The van der Waals surface area contributed by atoms with Gasteiger partial charge in [-0.25, -0.2) is 0 Å². The van der Waals surface area contributed by atoms with E-state index in [1.54, 1.807) is 0 Å². The van der Waals surface area contributed by atoms with E-state index in [0.29, 0.717) is 0 Å². The number of aliphatic hydroxyl groups is 8. The molecule has 3 aliphatic heterocycles. The number of hydrogen-bond acceptors (Lipinski definition) is 16. The summed E-state index contributed by atoms with van der Waals surface area (Å²) in [6.45, 7) is 2.85. The lowest BCUT2D eigenvalue weighted by atomic mass is 9.96. The molecule has 56 heavy (non-hydrogen) atoms. The van der Waals surface area contributed by atoms with E-state index in [1.807, 2.05) is 5.32 Å². The molecule has 3 fully saturated rings. The number of nitrogens with one attached hydrogen (secondary N) is 4. The number of carbonyl (C=O) groups is 6. The van der Waals surface area contributed by atoms with Gasteiger partial charge in [0.05, 0.1) is 30.5 Å². The fraction of sp³-hybridized carbons (Fsp3) is 0.647. The number of aromatic hydroxyl groups is 1. The Morgan fingerprint density at radius 1 is 0.696 bits per heavy atom. The standard InChI is InChI=1S/C34H51N7O15/c1-12-10-41-24(25(12)47)32(54)39-30(52)20(46)9-18(35)28(50)36-21(13(2)42)33(55)40-11-17(45)8-19(40)29(51)38-23(31(53)37-22(14(3)43)34(41)56)27(49)26(48)15-4-6-16(44)7-5-15/h4-7,12-14,17-27,30,42-49,52H,8-11,35H2,1-3H3,(H,36,50)(H,37,53)(H,38,51)(H,39,54)/t12-,13+,14+,17+,18-,19-,20+,21+,22-,23-,24+,25-,26+,27-,30+/m0/s1. The third kappa shape index (κ3) is 9.70. The lowest BCUT2D eigenvalue weighted by Crippen LogP contribution is -2.64. The van der Waals surface area contributed by atoms with Gasteiger partial charge in [-0.1, -0.05) is 19.1 Å². The van der Waals surface area contributed by atoms with E-state index in [1.165, 1.54) is 19.1 Å². The largest absolute Gasteiger partial charge is 0.508 e. The molecule has 0 spiro atoms. The number of benzene rings is 1. The van der Waals surface area contributed by atoms with Crippen molar-refractivity contribution in [2.45, 2.75) is 119 Å². The third-order valence-corrected chi connectivity index (χ3v) is 10.2. The van der Waals surface area contributed by atoms with Gasteiger partial charge in [-0.15, -0.1) is 0 Å². The highest BCUT2D eigenvalue weighted by Gasteiger charge is 2.50. The second-order valence-electron chi connectivity index (χ2n) is 14.6. The van der Waals surface area contributed by atoms with Crippen LogP contribution in [0.25, 0.3) is 0 Å². The van der Waals surface area contributed by atoms with Crippen molar-refractivity contribution in [2.24, 2.45) is 11.7 Å². The Hall–Kier alpha value is -4.52. The minimum absolute atomic E-state index is 0.0501. The van der Waals surface area contributed by atoms with Crippen molar-refractivity contribution in [3.05, 3.63) is 29.8 Å². The minimum atomic E-state index is -2.24. The van der Waals surface area contributed by atoms with Crippen LogP contribution in [0.3, 0.4) is 0 Å². The van der Waals surface area contributed by atoms with Gasteiger partial charge < -0.3 is 82.8 Å². The Labute approximate surface area is 320 Å². The number of nitrogens with two attached hydrogens (primary N) is 1. The van der Waals surface area contributed by atoms with Gasteiger partial charge in [0.1, 0.15) is 54.3 Å². The van der Waals surface area contributed by atoms with Gasteiger partial charge in [0.2, 0.25) is 35.4 Å². The second kappa shape index (κ2) is 18.2. The predicted octanol–water partition coefficient (Wildman–Crippen LogP) is -7.30. The van der Waals surface area contributed by atoms with Crippen LogP contribution in [0.1, 0.15) is 45.3 Å². The van der Waals surface area contributed by atoms with E-state index in [4.69, 9.17) is 5.73 Å². The monoisotopic (exact) mass is 797 g/mol. The van der Waals surface area contributed by atoms with Crippen molar-refractivity contribution in [1.82, 2.24) is 31.1 Å². The van der Waals surface area contributed by atoms with Crippen LogP contribution < -0.4 is 27.0 Å². The second-order valence-corrected chi connectivity index (χ2v) is 14.6. The average Bonchev–Trinajstić information content (AvgIpc) is 3.68. The highest BCUT2D eigenvalue weighted by atomic mass is 16.3. The third-order valence-electron chi connectivity index (χ3n) is 10.2. The van der Waals surface area contributed by atoms with Crippen LogP contribution in [0.2, 0.25) is 0 Å². The Balaban J connectivity index is 1.80. The Kier molecular flexibility index (Phi) is 14.3. The van der Waals surface area contributed by atoms with Crippen LogP contribution in [-0.4, -0.2) is 183 Å². The first-order valence-electron chi connectivity index (χ1n) is 18.0. The summed E-state index contributed by atoms with van der Waals surface area (Å²) in [7, 11) is 0. The quantitative estimate of drug-likeness (QED) is 0.132. The van der Waals surface area contributed by atoms with Crippen LogP contribution in [0.4, 0.5) is 0 Å². The molecule has 1 aromatic rings. The molecule has 0 saturated carbocycles. The molecule has 1 aromatic carbocycles. The molecule has 22 heteroatoms. The number of carbonyl (C=O) groups excluding carboxylic acids is 6. The number of amides is 6. The molecular formula is C34H51N7O15. The van der Waals surface area contributed by atoms with Crippen molar-refractivity contribution >= 4 is 35.4 Å². The maximum Gasteiger partial charge on any atom is 0.248 e. The maximum atomic E-state index is 14.0. The topological polar surface area (TPSA) is 365 Å². The Bertz CT molecular complexity index is 1620. The molecule has 6 amide bonds. The summed E-state index contributed by atoms with van der Waals surface area (Å²) in [6.07, 6.45) is -15.8. The summed E-state index contributed by atoms with van der Waals surface area (Å²) >= 11 is 0. The molecule has 0 unspecified atom stereocenters.